The first-order chi connectivity index (χ1) is 7.24. The van der Waals surface area contributed by atoms with Crippen LogP contribution in [0, 0.1) is 0 Å². The number of ether oxygens (including phenoxy) is 1. The average Bonchev–Trinajstić information content (AvgIpc) is 2.61. The van der Waals surface area contributed by atoms with Gasteiger partial charge in [-0.05, 0) is 24.6 Å². The number of hydrogen-bond acceptors (Lipinski definition) is 3. The summed E-state index contributed by atoms with van der Waals surface area (Å²) in [7, 11) is 0. The molecule has 1 amide bonds. The van der Waals surface area contributed by atoms with Gasteiger partial charge < -0.3 is 10.1 Å². The lowest BCUT2D eigenvalue weighted by Crippen LogP contribution is -2.12. The predicted octanol–water partition coefficient (Wildman–Crippen LogP) is 1.11. The van der Waals surface area contributed by atoms with E-state index in [9.17, 15) is 9.59 Å². The Morgan fingerprint density at radius 1 is 1.53 bits per heavy atom. The van der Waals surface area contributed by atoms with Crippen molar-refractivity contribution < 1.29 is 14.3 Å². The van der Waals surface area contributed by atoms with E-state index in [1.807, 2.05) is 0 Å². The zero-order valence-corrected chi connectivity index (χ0v) is 8.37. The smallest absolute Gasteiger partial charge is 0.338 e. The summed E-state index contributed by atoms with van der Waals surface area (Å²) in [6.07, 6.45) is 0. The summed E-state index contributed by atoms with van der Waals surface area (Å²) in [5, 5.41) is 2.68. The summed E-state index contributed by atoms with van der Waals surface area (Å²) in [5.74, 6) is -0.498. The van der Waals surface area contributed by atoms with Crippen molar-refractivity contribution in [1.29, 1.82) is 0 Å². The van der Waals surface area contributed by atoms with Crippen molar-refractivity contribution in [2.24, 2.45) is 0 Å². The van der Waals surface area contributed by atoms with Gasteiger partial charge in [0, 0.05) is 12.1 Å². The van der Waals surface area contributed by atoms with Gasteiger partial charge in [0.25, 0.3) is 5.91 Å². The molecule has 4 nitrogen and oxygen atoms in total. The zero-order valence-electron chi connectivity index (χ0n) is 8.37. The van der Waals surface area contributed by atoms with E-state index >= 15 is 0 Å². The molecule has 1 N–H and O–H groups in total. The van der Waals surface area contributed by atoms with Crippen LogP contribution in [0.1, 0.15) is 33.2 Å². The maximum Gasteiger partial charge on any atom is 0.338 e. The molecule has 78 valence electrons. The molecule has 0 aromatic heterocycles. The molecule has 15 heavy (non-hydrogen) atoms. The Morgan fingerprint density at radius 2 is 2.33 bits per heavy atom. The van der Waals surface area contributed by atoms with E-state index in [-0.39, 0.29) is 11.9 Å². The number of nitrogens with one attached hydrogen (secondary N) is 1. The molecule has 0 spiro atoms. The lowest BCUT2D eigenvalue weighted by Gasteiger charge is -2.05. The number of fused-ring (bicyclic) bond motifs is 1. The van der Waals surface area contributed by atoms with Gasteiger partial charge in [-0.2, -0.15) is 0 Å². The fraction of sp³-hybridized carbons (Fsp3) is 0.273. The second kappa shape index (κ2) is 3.73. The molecule has 0 radical (unpaired) electrons. The number of hydrogen-bond donors (Lipinski definition) is 1. The molecule has 0 fully saturated rings. The Morgan fingerprint density at radius 3 is 3.07 bits per heavy atom. The Hall–Kier alpha value is -1.84. The summed E-state index contributed by atoms with van der Waals surface area (Å²) in [5.41, 5.74) is 1.79. The molecule has 0 bridgehead atoms. The molecular weight excluding hydrogens is 194 g/mol. The maximum atomic E-state index is 11.5. The first-order valence-electron chi connectivity index (χ1n) is 4.81. The van der Waals surface area contributed by atoms with Crippen LogP contribution in [0.5, 0.6) is 0 Å². The van der Waals surface area contributed by atoms with Gasteiger partial charge in [0.05, 0.1) is 12.2 Å². The van der Waals surface area contributed by atoms with Crippen molar-refractivity contribution in [3.8, 4) is 0 Å². The van der Waals surface area contributed by atoms with E-state index < -0.39 is 0 Å². The second-order valence-corrected chi connectivity index (χ2v) is 3.23. The van der Waals surface area contributed by atoms with Gasteiger partial charge in [-0.25, -0.2) is 4.79 Å². The van der Waals surface area contributed by atoms with Crippen LogP contribution in [-0.2, 0) is 11.3 Å². The Labute approximate surface area is 87.2 Å². The molecular formula is C11H11NO3. The standard InChI is InChI=1S/C11H11NO3/c1-2-15-11(14)8-5-3-4-7-9(8)6-12-10(7)13/h3-5H,2,6H2,1H3,(H,12,13). The van der Waals surface area contributed by atoms with E-state index in [2.05, 4.69) is 5.32 Å². The third-order valence-electron chi connectivity index (χ3n) is 2.34. The second-order valence-electron chi connectivity index (χ2n) is 3.23. The molecule has 1 aromatic rings. The van der Waals surface area contributed by atoms with Gasteiger partial charge in [-0.3, -0.25) is 4.79 Å². The van der Waals surface area contributed by atoms with Crippen LogP contribution in [0.4, 0.5) is 0 Å². The average molecular weight is 205 g/mol. The summed E-state index contributed by atoms with van der Waals surface area (Å²) < 4.78 is 4.91. The van der Waals surface area contributed by atoms with Crippen molar-refractivity contribution >= 4 is 11.9 Å². The van der Waals surface area contributed by atoms with Gasteiger partial charge >= 0.3 is 5.97 Å². The number of rotatable bonds is 2. The number of esters is 1. The van der Waals surface area contributed by atoms with Gasteiger partial charge in [0.2, 0.25) is 0 Å². The van der Waals surface area contributed by atoms with Crippen LogP contribution < -0.4 is 5.32 Å². The fourth-order valence-electron chi connectivity index (χ4n) is 1.65. The van der Waals surface area contributed by atoms with Gasteiger partial charge in [0.1, 0.15) is 0 Å². The van der Waals surface area contributed by atoms with Crippen molar-refractivity contribution in [1.82, 2.24) is 5.32 Å². The quantitative estimate of drug-likeness (QED) is 0.736. The molecule has 4 heteroatoms. The molecule has 0 saturated carbocycles. The molecule has 0 saturated heterocycles. The van der Waals surface area contributed by atoms with E-state index in [0.717, 1.165) is 5.56 Å². The molecule has 0 aliphatic carbocycles. The summed E-state index contributed by atoms with van der Waals surface area (Å²) in [4.78, 5) is 22.9. The topological polar surface area (TPSA) is 55.4 Å². The minimum absolute atomic E-state index is 0.129. The van der Waals surface area contributed by atoms with Crippen LogP contribution >= 0.6 is 0 Å². The highest BCUT2D eigenvalue weighted by atomic mass is 16.5. The number of benzene rings is 1. The molecule has 1 aliphatic heterocycles. The summed E-state index contributed by atoms with van der Waals surface area (Å²) >= 11 is 0. The molecule has 0 atom stereocenters. The van der Waals surface area contributed by atoms with Gasteiger partial charge in [-0.1, -0.05) is 6.07 Å². The molecule has 1 heterocycles. The lowest BCUT2D eigenvalue weighted by molar-refractivity contribution is 0.0525. The Bertz CT molecular complexity index is 426. The van der Waals surface area contributed by atoms with Crippen LogP contribution in [0.3, 0.4) is 0 Å². The SMILES string of the molecule is CCOC(=O)c1cccc2c1CNC2=O. The first-order valence-corrected chi connectivity index (χ1v) is 4.81. The summed E-state index contributed by atoms with van der Waals surface area (Å²) in [6, 6.07) is 5.08. The molecule has 1 aromatic carbocycles. The number of amides is 1. The van der Waals surface area contributed by atoms with E-state index in [0.29, 0.717) is 24.3 Å². The lowest BCUT2D eigenvalue weighted by atomic mass is 10.0. The third-order valence-corrected chi connectivity index (χ3v) is 2.34. The van der Waals surface area contributed by atoms with Crippen molar-refractivity contribution in [3.05, 3.63) is 34.9 Å². The minimum Gasteiger partial charge on any atom is -0.462 e. The Balaban J connectivity index is 2.42. The highest BCUT2D eigenvalue weighted by Gasteiger charge is 2.24. The highest BCUT2D eigenvalue weighted by molar-refractivity contribution is 6.02. The largest absolute Gasteiger partial charge is 0.462 e. The van der Waals surface area contributed by atoms with Gasteiger partial charge in [0.15, 0.2) is 0 Å². The van der Waals surface area contributed by atoms with Crippen molar-refractivity contribution in [2.45, 2.75) is 13.5 Å². The highest BCUT2D eigenvalue weighted by Crippen LogP contribution is 2.20. The van der Waals surface area contributed by atoms with Crippen molar-refractivity contribution in [3.63, 3.8) is 0 Å². The minimum atomic E-state index is -0.370. The van der Waals surface area contributed by atoms with Crippen LogP contribution in [-0.4, -0.2) is 18.5 Å². The summed E-state index contributed by atoms with van der Waals surface area (Å²) in [6.45, 7) is 2.50. The van der Waals surface area contributed by atoms with Crippen LogP contribution in [0.2, 0.25) is 0 Å². The zero-order chi connectivity index (χ0) is 10.8. The van der Waals surface area contributed by atoms with Crippen molar-refractivity contribution in [2.75, 3.05) is 6.61 Å². The first kappa shape index (κ1) is 9.71. The van der Waals surface area contributed by atoms with Crippen LogP contribution in [0.15, 0.2) is 18.2 Å². The monoisotopic (exact) mass is 205 g/mol. The van der Waals surface area contributed by atoms with E-state index in [4.69, 9.17) is 4.74 Å². The maximum absolute atomic E-state index is 11.5. The van der Waals surface area contributed by atoms with Gasteiger partial charge in [-0.15, -0.1) is 0 Å². The van der Waals surface area contributed by atoms with E-state index in [1.54, 1.807) is 25.1 Å². The fourth-order valence-corrected chi connectivity index (χ4v) is 1.65. The molecule has 1 aliphatic rings. The predicted molar refractivity (Wildman–Crippen MR) is 53.6 cm³/mol. The van der Waals surface area contributed by atoms with E-state index in [1.165, 1.54) is 0 Å². The number of carbonyl (C=O) groups is 2. The Kier molecular flexibility index (Phi) is 2.41. The van der Waals surface area contributed by atoms with Crippen LogP contribution in [0.25, 0.3) is 0 Å². The molecule has 0 unspecified atom stereocenters. The normalized spacial score (nSPS) is 13.3. The third kappa shape index (κ3) is 1.58. The molecule has 2 rings (SSSR count). The number of carbonyl (C=O) groups excluding carboxylic acids is 2.